The molecule has 6 nitrogen and oxygen atoms in total. The molecule has 0 radical (unpaired) electrons. The first-order valence-corrected chi connectivity index (χ1v) is 4.61. The number of rotatable bonds is 4. The summed E-state index contributed by atoms with van der Waals surface area (Å²) in [5, 5.41) is 7.07. The number of nitrogens with two attached hydrogens (primary N) is 1. The molecule has 3 N–H and O–H groups in total. The average Bonchev–Trinajstić information content (AvgIpc) is 1.99. The van der Waals surface area contributed by atoms with Crippen molar-refractivity contribution >= 4 is 15.9 Å². The summed E-state index contributed by atoms with van der Waals surface area (Å²) in [5.74, 6) is -0.788. The van der Waals surface area contributed by atoms with Gasteiger partial charge >= 0.3 is 0 Å². The van der Waals surface area contributed by atoms with Crippen molar-refractivity contribution in [3.63, 3.8) is 0 Å². The predicted molar refractivity (Wildman–Crippen MR) is 41.2 cm³/mol. The monoisotopic (exact) mass is 191 g/mol. The number of hydrogen-bond donors (Lipinski definition) is 2. The molecule has 1 unspecified atom stereocenters. The summed E-state index contributed by atoms with van der Waals surface area (Å²) in [6.07, 6.45) is 0. The van der Waals surface area contributed by atoms with Crippen LogP contribution in [-0.4, -0.2) is 26.1 Å². The summed E-state index contributed by atoms with van der Waals surface area (Å²) < 4.78 is 23.7. The third-order valence-electron chi connectivity index (χ3n) is 1.09. The highest BCUT2D eigenvalue weighted by Crippen LogP contribution is 1.94. The maximum absolute atomic E-state index is 10.9. The molecule has 0 aromatic rings. The Balaban J connectivity index is 4.27. The second-order valence-corrected chi connectivity index (χ2v) is 4.19. The number of carbonyl (C=O) groups is 1. The van der Waals surface area contributed by atoms with Crippen LogP contribution in [0.2, 0.25) is 0 Å². The van der Waals surface area contributed by atoms with Gasteiger partial charge in [-0.25, -0.2) is 13.1 Å². The first kappa shape index (κ1) is 10.9. The molecule has 0 saturated carbocycles. The number of nitrogens with one attached hydrogen (secondary N) is 1. The molecule has 0 rings (SSSR count). The van der Waals surface area contributed by atoms with Crippen molar-refractivity contribution in [3.8, 4) is 6.07 Å². The highest BCUT2D eigenvalue weighted by Gasteiger charge is 2.19. The van der Waals surface area contributed by atoms with Crippen LogP contribution in [0.25, 0.3) is 0 Å². The summed E-state index contributed by atoms with van der Waals surface area (Å²) in [4.78, 5) is 10.2. The van der Waals surface area contributed by atoms with Crippen LogP contribution in [0.15, 0.2) is 0 Å². The number of hydrogen-bond acceptors (Lipinski definition) is 4. The minimum absolute atomic E-state index is 0.478. The Morgan fingerprint density at radius 3 is 2.58 bits per heavy atom. The van der Waals surface area contributed by atoms with Gasteiger partial charge in [0.1, 0.15) is 0 Å². The molecule has 1 atom stereocenters. The Kier molecular flexibility index (Phi) is 3.66. The SMILES string of the molecule is CC(C#N)S(=O)(=O)NCC(N)=O. The van der Waals surface area contributed by atoms with Gasteiger partial charge in [0.25, 0.3) is 0 Å². The van der Waals surface area contributed by atoms with Crippen molar-refractivity contribution in [2.24, 2.45) is 5.73 Å². The van der Waals surface area contributed by atoms with E-state index in [1.807, 2.05) is 4.72 Å². The zero-order valence-electron chi connectivity index (χ0n) is 6.44. The molecule has 0 spiro atoms. The van der Waals surface area contributed by atoms with Crippen molar-refractivity contribution in [2.75, 3.05) is 6.54 Å². The lowest BCUT2D eigenvalue weighted by atomic mass is 10.5. The molecule has 0 aromatic heterocycles. The van der Waals surface area contributed by atoms with Crippen molar-refractivity contribution in [1.82, 2.24) is 4.72 Å². The molecule has 12 heavy (non-hydrogen) atoms. The number of amides is 1. The third kappa shape index (κ3) is 3.32. The molecule has 7 heteroatoms. The number of nitrogens with zero attached hydrogens (tertiary/aromatic N) is 1. The van der Waals surface area contributed by atoms with E-state index in [1.165, 1.54) is 13.0 Å². The van der Waals surface area contributed by atoms with E-state index in [2.05, 4.69) is 0 Å². The lowest BCUT2D eigenvalue weighted by Crippen LogP contribution is -2.37. The quantitative estimate of drug-likeness (QED) is 0.551. The van der Waals surface area contributed by atoms with Gasteiger partial charge in [0.15, 0.2) is 5.25 Å². The van der Waals surface area contributed by atoms with Gasteiger partial charge in [0, 0.05) is 0 Å². The molecule has 1 amide bonds. The number of primary amides is 1. The molecule has 0 aliphatic carbocycles. The van der Waals surface area contributed by atoms with Crippen LogP contribution in [0.4, 0.5) is 0 Å². The molecule has 0 fully saturated rings. The van der Waals surface area contributed by atoms with E-state index in [-0.39, 0.29) is 0 Å². The van der Waals surface area contributed by atoms with Gasteiger partial charge in [-0.05, 0) is 6.92 Å². The van der Waals surface area contributed by atoms with E-state index >= 15 is 0 Å². The van der Waals surface area contributed by atoms with E-state index in [1.54, 1.807) is 0 Å². The fourth-order valence-corrected chi connectivity index (χ4v) is 1.10. The van der Waals surface area contributed by atoms with Gasteiger partial charge in [0.2, 0.25) is 15.9 Å². The van der Waals surface area contributed by atoms with E-state index in [0.29, 0.717) is 0 Å². The van der Waals surface area contributed by atoms with Crippen molar-refractivity contribution in [2.45, 2.75) is 12.2 Å². The standard InChI is InChI=1S/C5H9N3O3S/c1-4(2-6)12(10,11)8-3-5(7)9/h4,8H,3H2,1H3,(H2,7,9). The van der Waals surface area contributed by atoms with Gasteiger partial charge in [-0.1, -0.05) is 0 Å². The van der Waals surface area contributed by atoms with Crippen LogP contribution in [0.1, 0.15) is 6.92 Å². The van der Waals surface area contributed by atoms with Crippen LogP contribution in [-0.2, 0) is 14.8 Å². The predicted octanol–water partition coefficient (Wildman–Crippen LogP) is -1.70. The second-order valence-electron chi connectivity index (χ2n) is 2.10. The first-order chi connectivity index (χ1) is 5.40. The summed E-state index contributed by atoms with van der Waals surface area (Å²) >= 11 is 0. The molecule has 0 aliphatic rings. The summed E-state index contributed by atoms with van der Waals surface area (Å²) in [6, 6.07) is 1.53. The zero-order valence-corrected chi connectivity index (χ0v) is 7.26. The zero-order chi connectivity index (χ0) is 9.78. The Morgan fingerprint density at radius 2 is 2.25 bits per heavy atom. The van der Waals surface area contributed by atoms with Crippen molar-refractivity contribution in [1.29, 1.82) is 5.26 Å². The van der Waals surface area contributed by atoms with Crippen molar-refractivity contribution in [3.05, 3.63) is 0 Å². The van der Waals surface area contributed by atoms with Gasteiger partial charge < -0.3 is 5.73 Å². The van der Waals surface area contributed by atoms with Gasteiger partial charge in [0.05, 0.1) is 12.6 Å². The second kappa shape index (κ2) is 4.04. The average molecular weight is 191 g/mol. The number of carbonyl (C=O) groups excluding carboxylic acids is 1. The largest absolute Gasteiger partial charge is 0.369 e. The fourth-order valence-electron chi connectivity index (χ4n) is 0.366. The van der Waals surface area contributed by atoms with E-state index in [9.17, 15) is 13.2 Å². The Morgan fingerprint density at radius 1 is 1.75 bits per heavy atom. The highest BCUT2D eigenvalue weighted by atomic mass is 32.2. The smallest absolute Gasteiger partial charge is 0.232 e. The topological polar surface area (TPSA) is 113 Å². The molecule has 0 heterocycles. The maximum atomic E-state index is 10.9. The number of nitriles is 1. The van der Waals surface area contributed by atoms with E-state index in [4.69, 9.17) is 11.0 Å². The van der Waals surface area contributed by atoms with E-state index in [0.717, 1.165) is 0 Å². The van der Waals surface area contributed by atoms with Crippen LogP contribution in [0.3, 0.4) is 0 Å². The lowest BCUT2D eigenvalue weighted by molar-refractivity contribution is -0.116. The van der Waals surface area contributed by atoms with Gasteiger partial charge in [-0.15, -0.1) is 0 Å². The van der Waals surface area contributed by atoms with Crippen molar-refractivity contribution < 1.29 is 13.2 Å². The third-order valence-corrected chi connectivity index (χ3v) is 2.68. The Bertz CT molecular complexity index is 302. The van der Waals surface area contributed by atoms with Gasteiger partial charge in [-0.2, -0.15) is 5.26 Å². The molecule has 68 valence electrons. The normalized spacial score (nSPS) is 13.3. The molecular formula is C5H9N3O3S. The summed E-state index contributed by atoms with van der Waals surface area (Å²) in [5.41, 5.74) is 4.69. The van der Waals surface area contributed by atoms with Crippen LogP contribution >= 0.6 is 0 Å². The first-order valence-electron chi connectivity index (χ1n) is 3.06. The van der Waals surface area contributed by atoms with E-state index < -0.39 is 27.7 Å². The molecular weight excluding hydrogens is 182 g/mol. The Labute approximate surface area is 70.4 Å². The molecule has 0 aromatic carbocycles. The highest BCUT2D eigenvalue weighted by molar-refractivity contribution is 7.90. The molecule has 0 bridgehead atoms. The minimum Gasteiger partial charge on any atom is -0.369 e. The van der Waals surface area contributed by atoms with Gasteiger partial charge in [-0.3, -0.25) is 4.79 Å². The fraction of sp³-hybridized carbons (Fsp3) is 0.600. The molecule has 0 saturated heterocycles. The molecule has 0 aliphatic heterocycles. The van der Waals surface area contributed by atoms with Crippen LogP contribution in [0.5, 0.6) is 0 Å². The Hall–Kier alpha value is -1.13. The summed E-state index contributed by atoms with van der Waals surface area (Å²) in [6.45, 7) is 0.734. The maximum Gasteiger partial charge on any atom is 0.232 e. The van der Waals surface area contributed by atoms with Crippen LogP contribution in [0, 0.1) is 11.3 Å². The summed E-state index contributed by atoms with van der Waals surface area (Å²) in [7, 11) is -3.72. The minimum atomic E-state index is -3.72. The van der Waals surface area contributed by atoms with Crippen LogP contribution < -0.4 is 10.5 Å². The lowest BCUT2D eigenvalue weighted by Gasteiger charge is -2.04. The number of sulfonamides is 1.